The van der Waals surface area contributed by atoms with E-state index in [1.807, 2.05) is 42.5 Å². The molecular formula is C25H28N9O4S2+. The molecule has 2 aromatic carbocycles. The van der Waals surface area contributed by atoms with Crippen molar-refractivity contribution >= 4 is 70.8 Å². The lowest BCUT2D eigenvalue weighted by Gasteiger charge is -2.34. The van der Waals surface area contributed by atoms with Crippen molar-refractivity contribution in [2.75, 3.05) is 54.2 Å². The molecular weight excluding hydrogens is 554 g/mol. The molecule has 15 heteroatoms. The highest BCUT2D eigenvalue weighted by molar-refractivity contribution is 7.88. The SMILES string of the molecule is CS(=O)(=O)N1CCN(c2ccc(Nc3nc(Nc4ccc5c[nH][n+](S(C)(=O)=O)c5c4)c4cc[nH]c4n3)cc2)CC1. The van der Waals surface area contributed by atoms with Crippen molar-refractivity contribution in [1.82, 2.24) is 24.4 Å². The van der Waals surface area contributed by atoms with Gasteiger partial charge in [-0.2, -0.15) is 27.8 Å². The molecule has 0 atom stereocenters. The Balaban J connectivity index is 1.22. The summed E-state index contributed by atoms with van der Waals surface area (Å²) in [6.07, 6.45) is 5.79. The highest BCUT2D eigenvalue weighted by atomic mass is 32.2. The molecule has 0 aliphatic carbocycles. The second-order valence-corrected chi connectivity index (χ2v) is 13.5. The van der Waals surface area contributed by atoms with Crippen LogP contribution in [0.1, 0.15) is 0 Å². The molecule has 4 N–H and O–H groups in total. The summed E-state index contributed by atoms with van der Waals surface area (Å²) >= 11 is 0. The third kappa shape index (κ3) is 5.17. The van der Waals surface area contributed by atoms with E-state index < -0.39 is 20.0 Å². The highest BCUT2D eigenvalue weighted by Gasteiger charge is 2.24. The molecule has 0 unspecified atom stereocenters. The Labute approximate surface area is 230 Å². The number of nitrogens with zero attached hydrogens (tertiary/aromatic N) is 5. The van der Waals surface area contributed by atoms with Crippen LogP contribution in [0.3, 0.4) is 0 Å². The minimum atomic E-state index is -3.50. The summed E-state index contributed by atoms with van der Waals surface area (Å²) in [6.45, 7) is 2.17. The molecule has 13 nitrogen and oxygen atoms in total. The van der Waals surface area contributed by atoms with Gasteiger partial charge >= 0.3 is 10.0 Å². The minimum absolute atomic E-state index is 0.376. The van der Waals surface area contributed by atoms with E-state index in [1.54, 1.807) is 18.5 Å². The summed E-state index contributed by atoms with van der Waals surface area (Å²) in [7, 11) is -6.67. The fourth-order valence-electron chi connectivity index (χ4n) is 4.78. The van der Waals surface area contributed by atoms with Crippen molar-refractivity contribution in [2.24, 2.45) is 0 Å². The van der Waals surface area contributed by atoms with E-state index in [4.69, 9.17) is 0 Å². The van der Waals surface area contributed by atoms with Gasteiger partial charge in [-0.25, -0.2) is 8.42 Å². The van der Waals surface area contributed by atoms with Gasteiger partial charge in [0, 0.05) is 59.6 Å². The Hall–Kier alpha value is -4.21. The van der Waals surface area contributed by atoms with E-state index in [-0.39, 0.29) is 0 Å². The summed E-state index contributed by atoms with van der Waals surface area (Å²) in [5.74, 6) is 0.927. The van der Waals surface area contributed by atoms with Crippen molar-refractivity contribution < 1.29 is 20.9 Å². The predicted molar refractivity (Wildman–Crippen MR) is 154 cm³/mol. The second-order valence-electron chi connectivity index (χ2n) is 9.66. The van der Waals surface area contributed by atoms with Gasteiger partial charge in [-0.1, -0.05) is 0 Å². The smallest absolute Gasteiger partial charge is 0.369 e. The number of fused-ring (bicyclic) bond motifs is 2. The van der Waals surface area contributed by atoms with Crippen molar-refractivity contribution in [3.63, 3.8) is 0 Å². The molecule has 1 fully saturated rings. The summed E-state index contributed by atoms with van der Waals surface area (Å²) in [5, 5.41) is 10.9. The average Bonchev–Trinajstić information content (AvgIpc) is 3.56. The van der Waals surface area contributed by atoms with E-state index in [0.29, 0.717) is 54.8 Å². The predicted octanol–water partition coefficient (Wildman–Crippen LogP) is 2.10. The third-order valence-corrected chi connectivity index (χ3v) is 9.06. The summed E-state index contributed by atoms with van der Waals surface area (Å²) in [5.41, 5.74) is 3.61. The lowest BCUT2D eigenvalue weighted by Crippen LogP contribution is -2.48. The molecule has 0 saturated carbocycles. The summed E-state index contributed by atoms with van der Waals surface area (Å²) in [4.78, 5) is 14.5. The average molecular weight is 583 g/mol. The number of aromatic amines is 2. The number of H-pyrrole nitrogens is 2. The molecule has 4 heterocycles. The van der Waals surface area contributed by atoms with Crippen molar-refractivity contribution in [1.29, 1.82) is 0 Å². The van der Waals surface area contributed by atoms with Gasteiger partial charge in [-0.05, 0) is 42.5 Å². The normalized spacial score (nSPS) is 15.1. The van der Waals surface area contributed by atoms with Gasteiger partial charge in [0.05, 0.1) is 23.2 Å². The van der Waals surface area contributed by atoms with Crippen molar-refractivity contribution in [3.05, 3.63) is 60.9 Å². The number of hydrogen-bond donors (Lipinski definition) is 4. The fourth-order valence-corrected chi connectivity index (χ4v) is 6.37. The second kappa shape index (κ2) is 9.76. The number of anilines is 5. The number of sulfonamides is 1. The number of rotatable bonds is 7. The highest BCUT2D eigenvalue weighted by Crippen LogP contribution is 2.28. The van der Waals surface area contributed by atoms with Crippen molar-refractivity contribution in [3.8, 4) is 0 Å². The molecule has 1 aliphatic heterocycles. The van der Waals surface area contributed by atoms with Gasteiger partial charge in [0.25, 0.3) is 5.52 Å². The van der Waals surface area contributed by atoms with Gasteiger partial charge in [-0.15, -0.1) is 0 Å². The first kappa shape index (κ1) is 26.0. The topological polar surface area (TPSA) is 160 Å². The fraction of sp³-hybridized carbons (Fsp3) is 0.240. The Morgan fingerprint density at radius 3 is 2.30 bits per heavy atom. The maximum Gasteiger partial charge on any atom is 0.388 e. The Morgan fingerprint density at radius 2 is 1.60 bits per heavy atom. The van der Waals surface area contributed by atoms with Crippen LogP contribution >= 0.6 is 0 Å². The number of piperazine rings is 1. The van der Waals surface area contributed by atoms with E-state index in [1.165, 1.54) is 10.6 Å². The molecule has 1 saturated heterocycles. The zero-order chi connectivity index (χ0) is 28.1. The zero-order valence-corrected chi connectivity index (χ0v) is 23.4. The van der Waals surface area contributed by atoms with E-state index >= 15 is 0 Å². The molecule has 208 valence electrons. The quantitative estimate of drug-likeness (QED) is 0.211. The maximum absolute atomic E-state index is 12.1. The van der Waals surface area contributed by atoms with Gasteiger partial charge in [-0.3, -0.25) is 0 Å². The Bertz CT molecular complexity index is 1930. The standard InChI is InChI=1S/C25H27N9O4S2/c1-39(35,36)33-13-11-32(12-14-33)20-7-5-18(6-8-20)29-25-30-23-21(9-10-26-23)24(31-25)28-19-4-3-17-16-27-34(22(17)15-19)40(2,37)38/h3-10,15-16H,11-14H2,1-2H3,(H3,26,27,28,29,30,31)/p+1. The van der Waals surface area contributed by atoms with Crippen LogP contribution in [0.15, 0.2) is 60.9 Å². The van der Waals surface area contributed by atoms with Gasteiger partial charge in [0.15, 0.2) is 0 Å². The number of aromatic nitrogens is 5. The molecule has 5 aromatic rings. The number of hydrogen-bond acceptors (Lipinski definition) is 9. The zero-order valence-electron chi connectivity index (χ0n) is 21.8. The lowest BCUT2D eigenvalue weighted by atomic mass is 10.2. The molecule has 3 aromatic heterocycles. The number of nitrogens with one attached hydrogen (secondary N) is 4. The van der Waals surface area contributed by atoms with E-state index in [2.05, 4.69) is 35.6 Å². The monoisotopic (exact) mass is 582 g/mol. The molecule has 0 bridgehead atoms. The van der Waals surface area contributed by atoms with Gasteiger partial charge in [0.1, 0.15) is 17.7 Å². The first-order valence-corrected chi connectivity index (χ1v) is 16.2. The van der Waals surface area contributed by atoms with Crippen LogP contribution in [0.5, 0.6) is 0 Å². The minimum Gasteiger partial charge on any atom is -0.369 e. The maximum atomic E-state index is 12.1. The summed E-state index contributed by atoms with van der Waals surface area (Å²) < 4.78 is 50.5. The first-order valence-electron chi connectivity index (χ1n) is 12.5. The van der Waals surface area contributed by atoms with Crippen LogP contribution in [0.4, 0.5) is 28.8 Å². The van der Waals surface area contributed by atoms with Crippen molar-refractivity contribution in [2.45, 2.75) is 0 Å². The third-order valence-electron chi connectivity index (χ3n) is 6.79. The van der Waals surface area contributed by atoms with Gasteiger partial charge < -0.3 is 20.5 Å². The Kier molecular flexibility index (Phi) is 6.35. The van der Waals surface area contributed by atoms with E-state index in [0.717, 1.165) is 32.5 Å². The molecule has 0 radical (unpaired) electrons. The molecule has 6 rings (SSSR count). The van der Waals surface area contributed by atoms with E-state index in [9.17, 15) is 16.8 Å². The number of benzene rings is 2. The first-order chi connectivity index (χ1) is 19.0. The summed E-state index contributed by atoms with van der Waals surface area (Å²) in [6, 6.07) is 15.1. The van der Waals surface area contributed by atoms with Crippen LogP contribution in [0.2, 0.25) is 0 Å². The molecule has 40 heavy (non-hydrogen) atoms. The largest absolute Gasteiger partial charge is 0.388 e. The molecule has 1 aliphatic rings. The van der Waals surface area contributed by atoms with Crippen LogP contribution in [-0.4, -0.2) is 79.9 Å². The lowest BCUT2D eigenvalue weighted by molar-refractivity contribution is -0.547. The van der Waals surface area contributed by atoms with Crippen LogP contribution in [0.25, 0.3) is 21.9 Å². The van der Waals surface area contributed by atoms with Crippen LogP contribution < -0.4 is 19.6 Å². The molecule has 0 spiro atoms. The van der Waals surface area contributed by atoms with Crippen LogP contribution in [0, 0.1) is 0 Å². The Morgan fingerprint density at radius 1 is 0.875 bits per heavy atom. The van der Waals surface area contributed by atoms with Gasteiger partial charge in [0.2, 0.25) is 16.0 Å². The van der Waals surface area contributed by atoms with Crippen LogP contribution in [-0.2, 0) is 20.0 Å². The molecule has 0 amide bonds.